The Morgan fingerprint density at radius 3 is 2.53 bits per heavy atom. The molecule has 0 spiro atoms. The highest BCUT2D eigenvalue weighted by atomic mass is 16.4. The van der Waals surface area contributed by atoms with Crippen LogP contribution in [0.15, 0.2) is 4.42 Å². The van der Waals surface area contributed by atoms with Crippen LogP contribution in [0.5, 0.6) is 0 Å². The Labute approximate surface area is 101 Å². The molecule has 3 N–H and O–H groups in total. The maximum absolute atomic E-state index is 5.46. The zero-order valence-corrected chi connectivity index (χ0v) is 10.1. The van der Waals surface area contributed by atoms with E-state index >= 15 is 0 Å². The van der Waals surface area contributed by atoms with Crippen LogP contribution >= 0.6 is 0 Å². The van der Waals surface area contributed by atoms with Crippen LogP contribution in [0, 0.1) is 17.8 Å². The minimum absolute atomic E-state index is 0.550. The maximum Gasteiger partial charge on any atom is 0.315 e. The lowest BCUT2D eigenvalue weighted by atomic mass is 9.98. The second-order valence-electron chi connectivity index (χ2n) is 5.26. The summed E-state index contributed by atoms with van der Waals surface area (Å²) in [5, 5.41) is 11.2. The van der Waals surface area contributed by atoms with E-state index in [-0.39, 0.29) is 0 Å². The molecule has 0 aliphatic heterocycles. The third kappa shape index (κ3) is 2.77. The zero-order chi connectivity index (χ0) is 11.7. The Kier molecular flexibility index (Phi) is 3.01. The molecule has 2 aliphatic rings. The van der Waals surface area contributed by atoms with Crippen LogP contribution in [-0.4, -0.2) is 23.3 Å². The number of hydrogen-bond acceptors (Lipinski definition) is 5. The highest BCUT2D eigenvalue weighted by Gasteiger charge is 2.41. The summed E-state index contributed by atoms with van der Waals surface area (Å²) in [6.45, 7) is 1.54. The van der Waals surface area contributed by atoms with Crippen LogP contribution in [-0.2, 0) is 6.42 Å². The molecule has 5 nitrogen and oxygen atoms in total. The largest absolute Gasteiger partial charge is 0.408 e. The van der Waals surface area contributed by atoms with Gasteiger partial charge >= 0.3 is 6.01 Å². The van der Waals surface area contributed by atoms with Crippen molar-refractivity contribution in [1.82, 2.24) is 10.2 Å². The summed E-state index contributed by atoms with van der Waals surface area (Å²) in [6.07, 6.45) is 6.29. The third-order valence-corrected chi connectivity index (χ3v) is 3.77. The molecule has 0 aromatic carbocycles. The number of nitrogens with two attached hydrogens (primary N) is 1. The predicted octanol–water partition coefficient (Wildman–Crippen LogP) is 1.42. The average molecular weight is 236 g/mol. The summed E-state index contributed by atoms with van der Waals surface area (Å²) in [5.41, 5.74) is 5.44. The van der Waals surface area contributed by atoms with Crippen molar-refractivity contribution in [2.75, 3.05) is 18.4 Å². The number of aromatic nitrogens is 2. The summed E-state index contributed by atoms with van der Waals surface area (Å²) >= 11 is 0. The maximum atomic E-state index is 5.46. The molecule has 0 atom stereocenters. The summed E-state index contributed by atoms with van der Waals surface area (Å²) in [7, 11) is 0. The molecule has 1 heterocycles. The van der Waals surface area contributed by atoms with Crippen LogP contribution in [0.25, 0.3) is 0 Å². The fourth-order valence-corrected chi connectivity index (χ4v) is 2.52. The number of rotatable bonds is 7. The summed E-state index contributed by atoms with van der Waals surface area (Å²) in [6, 6.07) is 0.555. The van der Waals surface area contributed by atoms with Gasteiger partial charge in [0.15, 0.2) is 0 Å². The van der Waals surface area contributed by atoms with Crippen molar-refractivity contribution in [2.24, 2.45) is 23.5 Å². The van der Waals surface area contributed by atoms with Crippen LogP contribution in [0.1, 0.15) is 31.6 Å². The highest BCUT2D eigenvalue weighted by Crippen LogP contribution is 2.49. The predicted molar refractivity (Wildman–Crippen MR) is 64.5 cm³/mol. The van der Waals surface area contributed by atoms with Gasteiger partial charge in [0, 0.05) is 19.5 Å². The fourth-order valence-electron chi connectivity index (χ4n) is 2.52. The number of nitrogens with one attached hydrogen (secondary N) is 1. The lowest BCUT2D eigenvalue weighted by Crippen LogP contribution is -2.18. The van der Waals surface area contributed by atoms with Crippen molar-refractivity contribution in [3.63, 3.8) is 0 Å². The molecule has 0 bridgehead atoms. The highest BCUT2D eigenvalue weighted by molar-refractivity contribution is 5.18. The first-order valence-electron chi connectivity index (χ1n) is 6.63. The molecule has 0 saturated heterocycles. The molecule has 2 aliphatic carbocycles. The smallest absolute Gasteiger partial charge is 0.315 e. The van der Waals surface area contributed by atoms with E-state index in [9.17, 15) is 0 Å². The monoisotopic (exact) mass is 236 g/mol. The normalized spacial score (nSPS) is 19.9. The van der Waals surface area contributed by atoms with E-state index in [1.165, 1.54) is 25.7 Å². The van der Waals surface area contributed by atoms with Gasteiger partial charge in [-0.2, -0.15) is 0 Å². The van der Waals surface area contributed by atoms with Crippen molar-refractivity contribution in [3.05, 3.63) is 5.89 Å². The Morgan fingerprint density at radius 1 is 1.24 bits per heavy atom. The van der Waals surface area contributed by atoms with Crippen molar-refractivity contribution in [2.45, 2.75) is 32.1 Å². The molecule has 1 aromatic rings. The molecule has 0 unspecified atom stereocenters. The van der Waals surface area contributed by atoms with E-state index in [4.69, 9.17) is 10.2 Å². The molecule has 0 amide bonds. The molecule has 3 rings (SSSR count). The third-order valence-electron chi connectivity index (χ3n) is 3.77. The first-order chi connectivity index (χ1) is 8.36. The molecule has 94 valence electrons. The van der Waals surface area contributed by atoms with Gasteiger partial charge < -0.3 is 15.5 Å². The van der Waals surface area contributed by atoms with Crippen molar-refractivity contribution >= 4 is 6.01 Å². The topological polar surface area (TPSA) is 77.0 Å². The SMILES string of the molecule is NCCc1nnc(NCC(C2CC2)C2CC2)o1. The van der Waals surface area contributed by atoms with Crippen LogP contribution in [0.2, 0.25) is 0 Å². The van der Waals surface area contributed by atoms with E-state index in [1.807, 2.05) is 0 Å². The van der Waals surface area contributed by atoms with Gasteiger partial charge in [-0.15, -0.1) is 5.10 Å². The summed E-state index contributed by atoms with van der Waals surface area (Å²) in [4.78, 5) is 0. The van der Waals surface area contributed by atoms with Gasteiger partial charge in [-0.05, 0) is 43.4 Å². The second kappa shape index (κ2) is 4.64. The first-order valence-corrected chi connectivity index (χ1v) is 6.63. The van der Waals surface area contributed by atoms with E-state index in [1.54, 1.807) is 0 Å². The molecule has 0 radical (unpaired) electrons. The zero-order valence-electron chi connectivity index (χ0n) is 10.1. The molecule has 17 heavy (non-hydrogen) atoms. The van der Waals surface area contributed by atoms with Gasteiger partial charge in [-0.3, -0.25) is 0 Å². The summed E-state index contributed by atoms with van der Waals surface area (Å²) < 4.78 is 5.46. The van der Waals surface area contributed by atoms with Gasteiger partial charge in [0.1, 0.15) is 0 Å². The van der Waals surface area contributed by atoms with E-state index in [0.29, 0.717) is 24.9 Å². The summed E-state index contributed by atoms with van der Waals surface area (Å²) in [5.74, 6) is 3.34. The standard InChI is InChI=1S/C12H20N4O/c13-6-5-11-15-16-12(17-11)14-7-10(8-1-2-8)9-3-4-9/h8-10H,1-7,13H2,(H,14,16). The molecule has 2 fully saturated rings. The first kappa shape index (κ1) is 11.0. The van der Waals surface area contributed by atoms with Crippen molar-refractivity contribution in [1.29, 1.82) is 0 Å². The van der Waals surface area contributed by atoms with Gasteiger partial charge in [0.25, 0.3) is 0 Å². The molecule has 2 saturated carbocycles. The molecule has 1 aromatic heterocycles. The number of hydrogen-bond donors (Lipinski definition) is 2. The van der Waals surface area contributed by atoms with Gasteiger partial charge in [-0.1, -0.05) is 5.10 Å². The van der Waals surface area contributed by atoms with E-state index < -0.39 is 0 Å². The van der Waals surface area contributed by atoms with Crippen molar-refractivity contribution < 1.29 is 4.42 Å². The Morgan fingerprint density at radius 2 is 1.94 bits per heavy atom. The molecular formula is C12H20N4O. The average Bonchev–Trinajstić information content (AvgIpc) is 3.21. The van der Waals surface area contributed by atoms with Gasteiger partial charge in [-0.25, -0.2) is 0 Å². The number of nitrogens with zero attached hydrogens (tertiary/aromatic N) is 2. The quantitative estimate of drug-likeness (QED) is 0.748. The Balaban J connectivity index is 1.51. The number of anilines is 1. The minimum Gasteiger partial charge on any atom is -0.408 e. The minimum atomic E-state index is 0.550. The van der Waals surface area contributed by atoms with Crippen LogP contribution in [0.3, 0.4) is 0 Å². The van der Waals surface area contributed by atoms with Crippen LogP contribution in [0.4, 0.5) is 6.01 Å². The molecular weight excluding hydrogens is 216 g/mol. The lowest BCUT2D eigenvalue weighted by Gasteiger charge is -2.14. The Hall–Kier alpha value is -1.10. The van der Waals surface area contributed by atoms with Crippen molar-refractivity contribution in [3.8, 4) is 0 Å². The fraction of sp³-hybridized carbons (Fsp3) is 0.833. The lowest BCUT2D eigenvalue weighted by molar-refractivity contribution is 0.419. The van der Waals surface area contributed by atoms with Crippen LogP contribution < -0.4 is 11.1 Å². The van der Waals surface area contributed by atoms with Gasteiger partial charge in [0.05, 0.1) is 0 Å². The second-order valence-corrected chi connectivity index (χ2v) is 5.26. The Bertz CT molecular complexity index is 358. The van der Waals surface area contributed by atoms with E-state index in [0.717, 1.165) is 24.3 Å². The molecule has 5 heteroatoms. The van der Waals surface area contributed by atoms with Gasteiger partial charge in [0.2, 0.25) is 5.89 Å². The van der Waals surface area contributed by atoms with E-state index in [2.05, 4.69) is 15.5 Å².